The molecule has 0 radical (unpaired) electrons. The lowest BCUT2D eigenvalue weighted by Crippen LogP contribution is -2.33. The maximum absolute atomic E-state index is 12.8. The van der Waals surface area contributed by atoms with Gasteiger partial charge in [0.1, 0.15) is 11.9 Å². The van der Waals surface area contributed by atoms with E-state index in [-0.39, 0.29) is 11.8 Å². The van der Waals surface area contributed by atoms with Crippen LogP contribution in [0.4, 0.5) is 4.79 Å². The fourth-order valence-electron chi connectivity index (χ4n) is 3.12. The number of hydrogen-bond acceptors (Lipinski definition) is 4. The number of ether oxygens (including phenoxy) is 1. The van der Waals surface area contributed by atoms with Crippen molar-refractivity contribution in [3.05, 3.63) is 82.0 Å². The second-order valence-electron chi connectivity index (χ2n) is 8.61. The first-order valence-corrected chi connectivity index (χ1v) is 10.4. The number of aromatic nitrogens is 3. The summed E-state index contributed by atoms with van der Waals surface area (Å²) >= 11 is 0. The number of hydrogen-bond donors (Lipinski definition) is 0. The third kappa shape index (κ3) is 5.84. The molecule has 0 aliphatic rings. The van der Waals surface area contributed by atoms with Gasteiger partial charge in [-0.3, -0.25) is 0 Å². The van der Waals surface area contributed by atoms with Crippen molar-refractivity contribution >= 4 is 6.09 Å². The number of carbonyl (C=O) groups excluding carboxylic acids is 1. The van der Waals surface area contributed by atoms with Gasteiger partial charge < -0.3 is 9.64 Å². The van der Waals surface area contributed by atoms with Crippen LogP contribution in [0.25, 0.3) is 5.69 Å². The minimum Gasteiger partial charge on any atom is -0.444 e. The van der Waals surface area contributed by atoms with Crippen LogP contribution in [0.1, 0.15) is 44.4 Å². The van der Waals surface area contributed by atoms with Gasteiger partial charge in [-0.1, -0.05) is 43.3 Å². The minimum atomic E-state index is -0.533. The highest BCUT2D eigenvalue weighted by molar-refractivity contribution is 5.67. The van der Waals surface area contributed by atoms with Crippen LogP contribution in [-0.4, -0.2) is 38.0 Å². The van der Waals surface area contributed by atoms with Crippen LogP contribution in [0.15, 0.2) is 59.7 Å². The van der Waals surface area contributed by atoms with E-state index in [0.29, 0.717) is 13.1 Å². The zero-order valence-corrected chi connectivity index (χ0v) is 18.8. The van der Waals surface area contributed by atoms with E-state index in [9.17, 15) is 9.59 Å². The molecule has 0 saturated heterocycles. The van der Waals surface area contributed by atoms with Crippen molar-refractivity contribution in [1.29, 1.82) is 0 Å². The van der Waals surface area contributed by atoms with Gasteiger partial charge in [0, 0.05) is 13.6 Å². The first-order valence-electron chi connectivity index (χ1n) is 10.4. The monoisotopic (exact) mass is 422 g/mol. The summed E-state index contributed by atoms with van der Waals surface area (Å²) in [5.41, 5.74) is 3.23. The number of amides is 1. The second kappa shape index (κ2) is 9.20. The summed E-state index contributed by atoms with van der Waals surface area (Å²) in [6, 6.07) is 15.7. The number of aryl methyl sites for hydroxylation is 1. The number of carbonyl (C=O) groups is 1. The molecule has 3 aromatic rings. The predicted octanol–water partition coefficient (Wildman–Crippen LogP) is 4.01. The van der Waals surface area contributed by atoms with Gasteiger partial charge in [-0.15, -0.1) is 0 Å². The average Bonchev–Trinajstić information content (AvgIpc) is 3.08. The summed E-state index contributed by atoms with van der Waals surface area (Å²) < 4.78 is 8.34. The summed E-state index contributed by atoms with van der Waals surface area (Å²) in [5, 5.41) is 4.26. The smallest absolute Gasteiger partial charge is 0.410 e. The fourth-order valence-corrected chi connectivity index (χ4v) is 3.12. The summed E-state index contributed by atoms with van der Waals surface area (Å²) in [5.74, 6) is 0. The summed E-state index contributed by atoms with van der Waals surface area (Å²) in [6.45, 7) is 8.47. The lowest BCUT2D eigenvalue weighted by molar-refractivity contribution is 0.0285. The third-order valence-electron chi connectivity index (χ3n) is 4.84. The second-order valence-corrected chi connectivity index (χ2v) is 8.61. The van der Waals surface area contributed by atoms with Gasteiger partial charge in [0.15, 0.2) is 0 Å². The lowest BCUT2D eigenvalue weighted by Gasteiger charge is -2.24. The van der Waals surface area contributed by atoms with E-state index in [1.165, 1.54) is 26.0 Å². The quantitative estimate of drug-likeness (QED) is 0.602. The largest absolute Gasteiger partial charge is 0.444 e. The molecule has 1 heterocycles. The van der Waals surface area contributed by atoms with E-state index >= 15 is 0 Å². The van der Waals surface area contributed by atoms with Gasteiger partial charge in [0.25, 0.3) is 0 Å². The van der Waals surface area contributed by atoms with Gasteiger partial charge in [-0.25, -0.2) is 18.8 Å². The maximum Gasteiger partial charge on any atom is 0.410 e. The van der Waals surface area contributed by atoms with E-state index in [1.807, 2.05) is 57.2 Å². The zero-order chi connectivity index (χ0) is 22.6. The Kier molecular flexibility index (Phi) is 6.63. The number of rotatable bonds is 6. The van der Waals surface area contributed by atoms with Crippen LogP contribution in [0, 0.1) is 0 Å². The SMILES string of the molecule is CCc1ccc(Cn2ncn(-c3ccc(CN(C)C(=O)OC(C)(C)C)cc3)c2=O)cc1. The van der Waals surface area contributed by atoms with Gasteiger partial charge in [-0.05, 0) is 56.0 Å². The molecule has 0 aliphatic carbocycles. The fraction of sp³-hybridized carbons (Fsp3) is 0.375. The van der Waals surface area contributed by atoms with Crippen molar-refractivity contribution in [2.75, 3.05) is 7.05 Å². The van der Waals surface area contributed by atoms with E-state index in [4.69, 9.17) is 4.74 Å². The van der Waals surface area contributed by atoms with Crippen molar-refractivity contribution < 1.29 is 9.53 Å². The van der Waals surface area contributed by atoms with Crippen molar-refractivity contribution in [2.45, 2.75) is 52.8 Å². The molecule has 7 heteroatoms. The van der Waals surface area contributed by atoms with Crippen LogP contribution < -0.4 is 5.69 Å². The molecule has 0 spiro atoms. The molecule has 1 aromatic heterocycles. The van der Waals surface area contributed by atoms with Crippen LogP contribution in [-0.2, 0) is 24.2 Å². The van der Waals surface area contributed by atoms with Crippen LogP contribution in [0.2, 0.25) is 0 Å². The number of benzene rings is 2. The van der Waals surface area contributed by atoms with Crippen LogP contribution >= 0.6 is 0 Å². The molecular formula is C24H30N4O3. The Morgan fingerprint density at radius 3 is 2.16 bits per heavy atom. The summed E-state index contributed by atoms with van der Waals surface area (Å²) in [4.78, 5) is 26.4. The van der Waals surface area contributed by atoms with Crippen LogP contribution in [0.3, 0.4) is 0 Å². The lowest BCUT2D eigenvalue weighted by atomic mass is 10.1. The van der Waals surface area contributed by atoms with Crippen molar-refractivity contribution in [2.24, 2.45) is 0 Å². The average molecular weight is 423 g/mol. The minimum absolute atomic E-state index is 0.196. The van der Waals surface area contributed by atoms with E-state index < -0.39 is 5.60 Å². The molecule has 0 fully saturated rings. The predicted molar refractivity (Wildman–Crippen MR) is 120 cm³/mol. The molecule has 1 amide bonds. The zero-order valence-electron chi connectivity index (χ0n) is 18.8. The highest BCUT2D eigenvalue weighted by Crippen LogP contribution is 2.13. The molecule has 7 nitrogen and oxygen atoms in total. The molecule has 0 aliphatic heterocycles. The molecule has 2 aromatic carbocycles. The molecular weight excluding hydrogens is 392 g/mol. The first kappa shape index (κ1) is 22.3. The molecule has 0 atom stereocenters. The Balaban J connectivity index is 1.68. The molecule has 0 unspecified atom stereocenters. The Bertz CT molecular complexity index is 1070. The van der Waals surface area contributed by atoms with E-state index in [1.54, 1.807) is 7.05 Å². The maximum atomic E-state index is 12.8. The molecule has 164 valence electrons. The molecule has 3 rings (SSSR count). The van der Waals surface area contributed by atoms with Crippen molar-refractivity contribution in [3.8, 4) is 5.69 Å². The van der Waals surface area contributed by atoms with Gasteiger partial charge in [0.05, 0.1) is 12.2 Å². The van der Waals surface area contributed by atoms with Gasteiger partial charge in [0.2, 0.25) is 0 Å². The molecule has 0 N–H and O–H groups in total. The summed E-state index contributed by atoms with van der Waals surface area (Å²) in [6.07, 6.45) is 2.14. The van der Waals surface area contributed by atoms with Gasteiger partial charge in [-0.2, -0.15) is 5.10 Å². The Morgan fingerprint density at radius 2 is 1.58 bits per heavy atom. The molecule has 0 bridgehead atoms. The highest BCUT2D eigenvalue weighted by Gasteiger charge is 2.19. The third-order valence-corrected chi connectivity index (χ3v) is 4.84. The van der Waals surface area contributed by atoms with Crippen LogP contribution in [0.5, 0.6) is 0 Å². The normalized spacial score (nSPS) is 11.4. The Hall–Kier alpha value is -3.35. The summed E-state index contributed by atoms with van der Waals surface area (Å²) in [7, 11) is 1.70. The highest BCUT2D eigenvalue weighted by atomic mass is 16.6. The molecule has 31 heavy (non-hydrogen) atoms. The van der Waals surface area contributed by atoms with Gasteiger partial charge >= 0.3 is 11.8 Å². The number of nitrogens with zero attached hydrogens (tertiary/aromatic N) is 4. The van der Waals surface area contributed by atoms with E-state index in [2.05, 4.69) is 24.2 Å². The van der Waals surface area contributed by atoms with Crippen molar-refractivity contribution in [3.63, 3.8) is 0 Å². The standard InChI is InChI=1S/C24H30N4O3/c1-6-18-7-9-20(10-8-18)16-28-22(29)27(17-25-28)21-13-11-19(12-14-21)15-26(5)23(30)31-24(2,3)4/h7-14,17H,6,15-16H2,1-5H3. The topological polar surface area (TPSA) is 69.4 Å². The Morgan fingerprint density at radius 1 is 1.00 bits per heavy atom. The molecule has 0 saturated carbocycles. The van der Waals surface area contributed by atoms with Crippen molar-refractivity contribution in [1.82, 2.24) is 19.2 Å². The Labute approximate surface area is 182 Å². The first-order chi connectivity index (χ1) is 14.7. The van der Waals surface area contributed by atoms with E-state index in [0.717, 1.165) is 23.2 Å².